The zero-order valence-electron chi connectivity index (χ0n) is 10.1. The highest BCUT2D eigenvalue weighted by Crippen LogP contribution is 2.22. The van der Waals surface area contributed by atoms with Crippen molar-refractivity contribution in [2.45, 2.75) is 26.3 Å². The summed E-state index contributed by atoms with van der Waals surface area (Å²) in [7, 11) is 0. The minimum atomic E-state index is 0.752. The van der Waals surface area contributed by atoms with Crippen molar-refractivity contribution in [2.75, 3.05) is 19.8 Å². The molecule has 0 aromatic heterocycles. The molecule has 2 nitrogen and oxygen atoms in total. The van der Waals surface area contributed by atoms with Crippen LogP contribution in [0, 0.1) is 0 Å². The van der Waals surface area contributed by atoms with E-state index in [0.29, 0.717) is 0 Å². The molecule has 0 bridgehead atoms. The predicted molar refractivity (Wildman–Crippen MR) is 76.6 cm³/mol. The van der Waals surface area contributed by atoms with Gasteiger partial charge in [0.2, 0.25) is 0 Å². The molecule has 0 spiro atoms. The lowest BCUT2D eigenvalue weighted by atomic mass is 10.2. The maximum absolute atomic E-state index is 5.93. The van der Waals surface area contributed by atoms with Gasteiger partial charge >= 0.3 is 0 Å². The molecule has 1 aromatic rings. The first-order chi connectivity index (χ1) is 8.24. The molecule has 0 aliphatic carbocycles. The molecule has 0 fully saturated rings. The number of halogens is 2. The summed E-state index contributed by atoms with van der Waals surface area (Å²) in [5, 5.41) is 4.13. The van der Waals surface area contributed by atoms with Crippen molar-refractivity contribution < 1.29 is 4.74 Å². The largest absolute Gasteiger partial charge is 0.381 e. The molecule has 1 N–H and O–H groups in total. The van der Waals surface area contributed by atoms with Crippen molar-refractivity contribution in [1.82, 2.24) is 5.32 Å². The van der Waals surface area contributed by atoms with Gasteiger partial charge in [-0.05, 0) is 53.0 Å². The fourth-order valence-electron chi connectivity index (χ4n) is 1.43. The molecule has 0 radical (unpaired) electrons. The number of nitrogens with one attached hydrogen (secondary N) is 1. The van der Waals surface area contributed by atoms with Gasteiger partial charge in [-0.3, -0.25) is 0 Å². The average molecular weight is 321 g/mol. The highest BCUT2D eigenvalue weighted by molar-refractivity contribution is 9.10. The van der Waals surface area contributed by atoms with Crippen LogP contribution >= 0.6 is 27.5 Å². The summed E-state index contributed by atoms with van der Waals surface area (Å²) in [6.07, 6.45) is 2.14. The first kappa shape index (κ1) is 15.0. The summed E-state index contributed by atoms with van der Waals surface area (Å²) in [4.78, 5) is 0. The van der Waals surface area contributed by atoms with Gasteiger partial charge in [0, 0.05) is 24.2 Å². The van der Waals surface area contributed by atoms with E-state index in [1.165, 1.54) is 5.56 Å². The van der Waals surface area contributed by atoms with E-state index in [2.05, 4.69) is 28.2 Å². The number of ether oxygens (including phenoxy) is 1. The Bertz CT molecular complexity index is 333. The van der Waals surface area contributed by atoms with Gasteiger partial charge in [0.25, 0.3) is 0 Å². The third-order valence-electron chi connectivity index (χ3n) is 2.30. The van der Waals surface area contributed by atoms with Gasteiger partial charge in [-0.15, -0.1) is 0 Å². The maximum atomic E-state index is 5.93. The predicted octanol–water partition coefficient (Wildman–Crippen LogP) is 4.01. The second kappa shape index (κ2) is 8.92. The van der Waals surface area contributed by atoms with Gasteiger partial charge in [0.15, 0.2) is 0 Å². The van der Waals surface area contributed by atoms with Crippen LogP contribution in [0.25, 0.3) is 0 Å². The Morgan fingerprint density at radius 2 is 2.18 bits per heavy atom. The van der Waals surface area contributed by atoms with E-state index in [9.17, 15) is 0 Å². The summed E-state index contributed by atoms with van der Waals surface area (Å²) in [6.45, 7) is 5.67. The van der Waals surface area contributed by atoms with Gasteiger partial charge in [-0.25, -0.2) is 0 Å². The Kier molecular flexibility index (Phi) is 7.86. The molecule has 0 atom stereocenters. The lowest BCUT2D eigenvalue weighted by molar-refractivity contribution is 0.132. The monoisotopic (exact) mass is 319 g/mol. The maximum Gasteiger partial charge on any atom is 0.0548 e. The lowest BCUT2D eigenvalue weighted by Gasteiger charge is -2.06. The van der Waals surface area contributed by atoms with Gasteiger partial charge < -0.3 is 10.1 Å². The quantitative estimate of drug-likeness (QED) is 0.731. The van der Waals surface area contributed by atoms with Gasteiger partial charge in [0.1, 0.15) is 0 Å². The summed E-state index contributed by atoms with van der Waals surface area (Å²) in [6, 6.07) is 5.99. The van der Waals surface area contributed by atoms with E-state index in [1.54, 1.807) is 0 Å². The molecule has 0 aliphatic rings. The molecule has 1 aromatic carbocycles. The van der Waals surface area contributed by atoms with Crippen molar-refractivity contribution >= 4 is 27.5 Å². The SMILES string of the molecule is CCCOCCCNCc1ccc(Cl)c(Br)c1. The molecule has 0 saturated carbocycles. The highest BCUT2D eigenvalue weighted by atomic mass is 79.9. The summed E-state index contributed by atoms with van der Waals surface area (Å²) >= 11 is 9.35. The van der Waals surface area contributed by atoms with Crippen LogP contribution in [0.5, 0.6) is 0 Å². The second-order valence-corrected chi connectivity index (χ2v) is 5.15. The third kappa shape index (κ3) is 6.41. The lowest BCUT2D eigenvalue weighted by Crippen LogP contribution is -2.16. The van der Waals surface area contributed by atoms with Gasteiger partial charge in [-0.1, -0.05) is 24.6 Å². The normalized spacial score (nSPS) is 10.8. The van der Waals surface area contributed by atoms with Crippen LogP contribution < -0.4 is 5.32 Å². The molecule has 1 rings (SSSR count). The van der Waals surface area contributed by atoms with Crippen LogP contribution in [0.3, 0.4) is 0 Å². The molecular weight excluding hydrogens is 302 g/mol. The van der Waals surface area contributed by atoms with E-state index in [0.717, 1.165) is 48.6 Å². The summed E-state index contributed by atoms with van der Waals surface area (Å²) in [5.41, 5.74) is 1.23. The van der Waals surface area contributed by atoms with Crippen molar-refractivity contribution in [3.8, 4) is 0 Å². The van der Waals surface area contributed by atoms with E-state index >= 15 is 0 Å². The average Bonchev–Trinajstić information content (AvgIpc) is 2.32. The van der Waals surface area contributed by atoms with Crippen LogP contribution in [0.1, 0.15) is 25.3 Å². The first-order valence-corrected chi connectivity index (χ1v) is 7.13. The number of hydrogen-bond donors (Lipinski definition) is 1. The zero-order chi connectivity index (χ0) is 12.5. The van der Waals surface area contributed by atoms with Crippen LogP contribution in [-0.4, -0.2) is 19.8 Å². The molecule has 0 saturated heterocycles. The molecule has 0 amide bonds. The zero-order valence-corrected chi connectivity index (χ0v) is 12.5. The Morgan fingerprint density at radius 3 is 2.88 bits per heavy atom. The fraction of sp³-hybridized carbons (Fsp3) is 0.538. The topological polar surface area (TPSA) is 21.3 Å². The van der Waals surface area contributed by atoms with Crippen LogP contribution in [0.15, 0.2) is 22.7 Å². The van der Waals surface area contributed by atoms with Gasteiger partial charge in [0.05, 0.1) is 5.02 Å². The molecular formula is C13H19BrClNO. The first-order valence-electron chi connectivity index (χ1n) is 5.96. The smallest absolute Gasteiger partial charge is 0.0548 e. The minimum Gasteiger partial charge on any atom is -0.381 e. The van der Waals surface area contributed by atoms with E-state index in [4.69, 9.17) is 16.3 Å². The molecule has 0 heterocycles. The standard InChI is InChI=1S/C13H19BrClNO/c1-2-7-17-8-3-6-16-10-11-4-5-13(15)12(14)9-11/h4-5,9,16H,2-3,6-8,10H2,1H3. The highest BCUT2D eigenvalue weighted by Gasteiger charge is 1.98. The van der Waals surface area contributed by atoms with Crippen LogP contribution in [-0.2, 0) is 11.3 Å². The van der Waals surface area contributed by atoms with Crippen molar-refractivity contribution in [3.05, 3.63) is 33.3 Å². The van der Waals surface area contributed by atoms with E-state index < -0.39 is 0 Å². The van der Waals surface area contributed by atoms with Gasteiger partial charge in [-0.2, -0.15) is 0 Å². The molecule has 96 valence electrons. The van der Waals surface area contributed by atoms with Crippen molar-refractivity contribution in [1.29, 1.82) is 0 Å². The Balaban J connectivity index is 2.11. The van der Waals surface area contributed by atoms with Crippen molar-refractivity contribution in [2.24, 2.45) is 0 Å². The number of hydrogen-bond acceptors (Lipinski definition) is 2. The Labute approximate surface area is 117 Å². The molecule has 0 aliphatic heterocycles. The van der Waals surface area contributed by atoms with Crippen molar-refractivity contribution in [3.63, 3.8) is 0 Å². The van der Waals surface area contributed by atoms with Crippen LogP contribution in [0.2, 0.25) is 5.02 Å². The molecule has 0 unspecified atom stereocenters. The summed E-state index contributed by atoms with van der Waals surface area (Å²) in [5.74, 6) is 0. The summed E-state index contributed by atoms with van der Waals surface area (Å²) < 4.78 is 6.35. The Morgan fingerprint density at radius 1 is 1.35 bits per heavy atom. The number of rotatable bonds is 8. The van der Waals surface area contributed by atoms with E-state index in [1.807, 2.05) is 18.2 Å². The molecule has 17 heavy (non-hydrogen) atoms. The Hall–Kier alpha value is -0.0900. The van der Waals surface area contributed by atoms with Crippen LogP contribution in [0.4, 0.5) is 0 Å². The third-order valence-corrected chi connectivity index (χ3v) is 3.52. The second-order valence-electron chi connectivity index (χ2n) is 3.89. The van der Waals surface area contributed by atoms with E-state index in [-0.39, 0.29) is 0 Å². The number of benzene rings is 1. The fourth-order valence-corrected chi connectivity index (χ4v) is 1.97. The molecule has 4 heteroatoms. The minimum absolute atomic E-state index is 0.752.